The van der Waals surface area contributed by atoms with Crippen LogP contribution in [0.1, 0.15) is 15.9 Å². The molecule has 4 aromatic rings. The number of carboxylic acid groups (broad SMARTS) is 1. The number of benzene rings is 3. The highest BCUT2D eigenvalue weighted by Crippen LogP contribution is 2.32. The van der Waals surface area contributed by atoms with Crippen molar-refractivity contribution in [1.29, 1.82) is 0 Å². The van der Waals surface area contributed by atoms with Crippen molar-refractivity contribution < 1.29 is 18.3 Å². The second-order valence-corrected chi connectivity index (χ2v) is 9.61. The number of nitrogens with zero attached hydrogens (tertiary/aromatic N) is 3. The van der Waals surface area contributed by atoms with Gasteiger partial charge in [-0.15, -0.1) is 5.10 Å². The Bertz CT molecular complexity index is 1380. The molecule has 1 N–H and O–H groups in total. The number of rotatable bonds is 5. The number of carbonyl (C=O) groups is 1. The van der Waals surface area contributed by atoms with Gasteiger partial charge in [0.2, 0.25) is 14.9 Å². The maximum Gasteiger partial charge on any atom is 0.335 e. The molecule has 31 heavy (non-hydrogen) atoms. The van der Waals surface area contributed by atoms with Crippen LogP contribution >= 0.6 is 15.9 Å². The number of aromatic carboxylic acids is 1. The molecule has 0 bridgehead atoms. The van der Waals surface area contributed by atoms with Crippen LogP contribution in [0.2, 0.25) is 0 Å². The summed E-state index contributed by atoms with van der Waals surface area (Å²) in [5, 5.41) is 17.1. The van der Waals surface area contributed by atoms with Gasteiger partial charge in [0, 0.05) is 10.0 Å². The minimum Gasteiger partial charge on any atom is -0.478 e. The third-order valence-electron chi connectivity index (χ3n) is 4.68. The van der Waals surface area contributed by atoms with Crippen molar-refractivity contribution in [1.82, 2.24) is 15.0 Å². The lowest BCUT2D eigenvalue weighted by Crippen LogP contribution is -2.06. The summed E-state index contributed by atoms with van der Waals surface area (Å²) in [5.74, 6) is -1.05. The zero-order valence-corrected chi connectivity index (χ0v) is 18.6. The van der Waals surface area contributed by atoms with Crippen molar-refractivity contribution in [3.8, 4) is 16.9 Å². The fourth-order valence-electron chi connectivity index (χ4n) is 3.08. The molecule has 0 amide bonds. The lowest BCUT2D eigenvalue weighted by Gasteiger charge is -2.10. The quantitative estimate of drug-likeness (QED) is 0.434. The first-order valence-electron chi connectivity index (χ1n) is 9.14. The highest BCUT2D eigenvalue weighted by molar-refractivity contribution is 9.10. The zero-order valence-electron chi connectivity index (χ0n) is 16.2. The Morgan fingerprint density at radius 2 is 1.68 bits per heavy atom. The molecule has 1 aromatic heterocycles. The number of halogens is 1. The molecule has 1 heterocycles. The molecule has 7 nitrogen and oxygen atoms in total. The monoisotopic (exact) mass is 497 g/mol. The molecule has 156 valence electrons. The van der Waals surface area contributed by atoms with Gasteiger partial charge in [-0.3, -0.25) is 0 Å². The molecule has 0 fully saturated rings. The molecule has 0 spiro atoms. The average molecular weight is 498 g/mol. The first kappa shape index (κ1) is 21.0. The van der Waals surface area contributed by atoms with E-state index in [0.29, 0.717) is 21.4 Å². The SMILES string of the molecule is Cc1ccc(-c2c(S(=O)(=O)c3cccc(Br)c3)nnn2-c2ccc(C(=O)O)cc2)cc1. The maximum atomic E-state index is 13.4. The van der Waals surface area contributed by atoms with Crippen LogP contribution in [0.5, 0.6) is 0 Å². The molecule has 0 unspecified atom stereocenters. The van der Waals surface area contributed by atoms with Crippen molar-refractivity contribution in [2.45, 2.75) is 16.8 Å². The van der Waals surface area contributed by atoms with Crippen LogP contribution in [-0.2, 0) is 9.84 Å². The summed E-state index contributed by atoms with van der Waals surface area (Å²) < 4.78 is 28.9. The van der Waals surface area contributed by atoms with Gasteiger partial charge in [0.15, 0.2) is 0 Å². The van der Waals surface area contributed by atoms with E-state index in [1.807, 2.05) is 19.1 Å². The summed E-state index contributed by atoms with van der Waals surface area (Å²) in [6, 6.07) is 19.7. The maximum absolute atomic E-state index is 13.4. The van der Waals surface area contributed by atoms with Crippen molar-refractivity contribution in [3.63, 3.8) is 0 Å². The van der Waals surface area contributed by atoms with Crippen molar-refractivity contribution in [2.75, 3.05) is 0 Å². The van der Waals surface area contributed by atoms with E-state index < -0.39 is 15.8 Å². The molecule has 0 atom stereocenters. The zero-order chi connectivity index (χ0) is 22.2. The Morgan fingerprint density at radius 1 is 1.00 bits per heavy atom. The van der Waals surface area contributed by atoms with E-state index >= 15 is 0 Å². The van der Waals surface area contributed by atoms with E-state index in [1.165, 1.54) is 28.9 Å². The second kappa shape index (κ2) is 8.09. The van der Waals surface area contributed by atoms with E-state index in [0.717, 1.165) is 5.56 Å². The van der Waals surface area contributed by atoms with Crippen molar-refractivity contribution in [2.24, 2.45) is 0 Å². The molecule has 9 heteroatoms. The Labute approximate surface area is 187 Å². The Balaban J connectivity index is 1.95. The lowest BCUT2D eigenvalue weighted by atomic mass is 10.1. The summed E-state index contributed by atoms with van der Waals surface area (Å²) in [4.78, 5) is 11.3. The van der Waals surface area contributed by atoms with Gasteiger partial charge in [-0.2, -0.15) is 0 Å². The Hall–Kier alpha value is -3.30. The van der Waals surface area contributed by atoms with Crippen molar-refractivity contribution in [3.05, 3.63) is 88.4 Å². The summed E-state index contributed by atoms with van der Waals surface area (Å²) in [6.45, 7) is 1.93. The fourth-order valence-corrected chi connectivity index (χ4v) is 4.99. The molecule has 0 aliphatic rings. The standard InChI is InChI=1S/C22H16BrN3O4S/c1-14-5-7-15(8-6-14)20-21(31(29,30)19-4-2-3-17(23)13-19)24-25-26(20)18-11-9-16(10-12-18)22(27)28/h2-13H,1H3,(H,27,28). The van der Waals surface area contributed by atoms with Crippen LogP contribution in [0.3, 0.4) is 0 Å². The van der Waals surface area contributed by atoms with Crippen LogP contribution in [0.4, 0.5) is 0 Å². The predicted octanol–water partition coefficient (Wildman–Crippen LogP) is 4.54. The first-order valence-corrected chi connectivity index (χ1v) is 11.4. The molecule has 0 saturated heterocycles. The fraction of sp³-hybridized carbons (Fsp3) is 0.0455. The number of aromatic nitrogens is 3. The van der Waals surface area contributed by atoms with Gasteiger partial charge >= 0.3 is 5.97 Å². The molecule has 0 aliphatic heterocycles. The van der Waals surface area contributed by atoms with Crippen LogP contribution in [-0.4, -0.2) is 34.5 Å². The predicted molar refractivity (Wildman–Crippen MR) is 118 cm³/mol. The number of aryl methyl sites for hydroxylation is 1. The molecule has 0 aliphatic carbocycles. The molecule has 0 saturated carbocycles. The van der Waals surface area contributed by atoms with E-state index in [1.54, 1.807) is 36.4 Å². The summed E-state index contributed by atoms with van der Waals surface area (Å²) in [5.41, 5.74) is 2.53. The van der Waals surface area contributed by atoms with E-state index in [9.17, 15) is 13.2 Å². The van der Waals surface area contributed by atoms with Crippen LogP contribution < -0.4 is 0 Å². The Morgan fingerprint density at radius 3 is 2.29 bits per heavy atom. The molecular formula is C22H16BrN3O4S. The number of sulfone groups is 1. The van der Waals surface area contributed by atoms with Gasteiger partial charge < -0.3 is 5.11 Å². The molecule has 3 aromatic carbocycles. The second-order valence-electron chi connectivity index (χ2n) is 6.83. The topological polar surface area (TPSA) is 102 Å². The van der Waals surface area contributed by atoms with Crippen LogP contribution in [0.25, 0.3) is 16.9 Å². The molecular weight excluding hydrogens is 482 g/mol. The van der Waals surface area contributed by atoms with Gasteiger partial charge in [0.1, 0.15) is 5.69 Å². The average Bonchev–Trinajstić information content (AvgIpc) is 3.20. The highest BCUT2D eigenvalue weighted by atomic mass is 79.9. The minimum absolute atomic E-state index is 0.0866. The highest BCUT2D eigenvalue weighted by Gasteiger charge is 2.29. The number of hydrogen-bond acceptors (Lipinski definition) is 5. The molecule has 4 rings (SSSR count). The number of carboxylic acids is 1. The summed E-state index contributed by atoms with van der Waals surface area (Å²) in [6.07, 6.45) is 0. The lowest BCUT2D eigenvalue weighted by molar-refractivity contribution is 0.0697. The van der Waals surface area contributed by atoms with Crippen molar-refractivity contribution >= 4 is 31.7 Å². The van der Waals surface area contributed by atoms with E-state index in [-0.39, 0.29) is 15.5 Å². The van der Waals surface area contributed by atoms with E-state index in [4.69, 9.17) is 5.11 Å². The third kappa shape index (κ3) is 4.01. The third-order valence-corrected chi connectivity index (χ3v) is 6.84. The van der Waals surface area contributed by atoms with Crippen LogP contribution in [0, 0.1) is 6.92 Å². The van der Waals surface area contributed by atoms with Crippen LogP contribution in [0.15, 0.2) is 87.2 Å². The minimum atomic E-state index is -3.98. The van der Waals surface area contributed by atoms with Gasteiger partial charge in [-0.1, -0.05) is 57.0 Å². The van der Waals surface area contributed by atoms with Gasteiger partial charge in [0.05, 0.1) is 16.1 Å². The van der Waals surface area contributed by atoms with Gasteiger partial charge in [0.25, 0.3) is 0 Å². The normalized spacial score (nSPS) is 11.4. The number of hydrogen-bond donors (Lipinski definition) is 1. The summed E-state index contributed by atoms with van der Waals surface area (Å²) in [7, 11) is -3.98. The first-order chi connectivity index (χ1) is 14.8. The Kier molecular flexibility index (Phi) is 5.47. The summed E-state index contributed by atoms with van der Waals surface area (Å²) >= 11 is 3.31. The van der Waals surface area contributed by atoms with Gasteiger partial charge in [-0.05, 0) is 49.4 Å². The molecule has 0 radical (unpaired) electrons. The van der Waals surface area contributed by atoms with Gasteiger partial charge in [-0.25, -0.2) is 17.9 Å². The largest absolute Gasteiger partial charge is 0.478 e. The smallest absolute Gasteiger partial charge is 0.335 e. The van der Waals surface area contributed by atoms with E-state index in [2.05, 4.69) is 26.2 Å².